The van der Waals surface area contributed by atoms with E-state index in [1.165, 1.54) is 11.4 Å². The molecule has 0 spiro atoms. The molecule has 5 heteroatoms. The van der Waals surface area contributed by atoms with Gasteiger partial charge in [-0.05, 0) is 19.8 Å². The Morgan fingerprint density at radius 2 is 1.57 bits per heavy atom. The van der Waals surface area contributed by atoms with Crippen molar-refractivity contribution < 1.29 is 0 Å². The Hall–Kier alpha value is -1.65. The van der Waals surface area contributed by atoms with Gasteiger partial charge in [-0.2, -0.15) is 0 Å². The van der Waals surface area contributed by atoms with E-state index in [0.717, 1.165) is 11.5 Å². The molecule has 0 saturated carbocycles. The van der Waals surface area contributed by atoms with E-state index in [9.17, 15) is 0 Å². The molecule has 0 fully saturated rings. The summed E-state index contributed by atoms with van der Waals surface area (Å²) in [4.78, 5) is 4.28. The van der Waals surface area contributed by atoms with Crippen molar-refractivity contribution in [3.8, 4) is 0 Å². The summed E-state index contributed by atoms with van der Waals surface area (Å²) in [6.45, 7) is 12.7. The molecular formula is C16H31N5. The van der Waals surface area contributed by atoms with Gasteiger partial charge in [-0.1, -0.05) is 40.3 Å². The van der Waals surface area contributed by atoms with Crippen molar-refractivity contribution in [2.45, 2.75) is 60.8 Å². The first kappa shape index (κ1) is 19.4. The Balaban J connectivity index is 0.000000364. The number of rotatable bonds is 2. The molecule has 2 heterocycles. The third kappa shape index (κ3) is 4.69. The quantitative estimate of drug-likeness (QED) is 0.847. The highest BCUT2D eigenvalue weighted by Gasteiger charge is 2.08. The molecule has 2 rings (SSSR count). The van der Waals surface area contributed by atoms with Crippen molar-refractivity contribution in [2.24, 2.45) is 14.1 Å². The maximum absolute atomic E-state index is 4.28. The maximum atomic E-state index is 4.28. The first-order valence-corrected chi connectivity index (χ1v) is 7.10. The van der Waals surface area contributed by atoms with Gasteiger partial charge < -0.3 is 4.57 Å². The van der Waals surface area contributed by atoms with Crippen LogP contribution >= 0.6 is 0 Å². The van der Waals surface area contributed by atoms with Crippen LogP contribution in [0.5, 0.6) is 0 Å². The molecule has 0 aliphatic heterocycles. The van der Waals surface area contributed by atoms with E-state index in [4.69, 9.17) is 0 Å². The third-order valence-corrected chi connectivity index (χ3v) is 3.37. The Kier molecular flexibility index (Phi) is 7.33. The molecule has 2 aromatic heterocycles. The second-order valence-electron chi connectivity index (χ2n) is 5.81. The number of hydrogen-bond acceptors (Lipinski definition) is 3. The predicted molar refractivity (Wildman–Crippen MR) is 88.6 cm³/mol. The summed E-state index contributed by atoms with van der Waals surface area (Å²) >= 11 is 0. The Morgan fingerprint density at radius 1 is 1.00 bits per heavy atom. The molecule has 0 amide bonds. The normalized spacial score (nSPS) is 10.4. The first-order valence-electron chi connectivity index (χ1n) is 7.10. The van der Waals surface area contributed by atoms with Gasteiger partial charge in [0.1, 0.15) is 5.82 Å². The highest BCUT2D eigenvalue weighted by molar-refractivity contribution is 5.11. The monoisotopic (exact) mass is 293 g/mol. The Labute approximate surface area is 129 Å². The highest BCUT2D eigenvalue weighted by atomic mass is 15.4. The van der Waals surface area contributed by atoms with E-state index in [0.29, 0.717) is 11.8 Å². The van der Waals surface area contributed by atoms with Gasteiger partial charge in [0, 0.05) is 31.9 Å². The second kappa shape index (κ2) is 7.96. The van der Waals surface area contributed by atoms with Crippen LogP contribution in [0.1, 0.15) is 69.9 Å². The summed E-state index contributed by atoms with van der Waals surface area (Å²) in [6, 6.07) is 0. The van der Waals surface area contributed by atoms with Gasteiger partial charge in [-0.15, -0.1) is 5.10 Å². The number of aromatic nitrogens is 5. The minimum Gasteiger partial charge on any atom is -0.335 e. The molecule has 0 aliphatic rings. The highest BCUT2D eigenvalue weighted by Crippen LogP contribution is 2.14. The minimum atomic E-state index is 0. The zero-order valence-corrected chi connectivity index (χ0v) is 14.0. The Bertz CT molecular complexity index is 530. The summed E-state index contributed by atoms with van der Waals surface area (Å²) < 4.78 is 3.96. The molecule has 2 aromatic rings. The van der Waals surface area contributed by atoms with Crippen LogP contribution in [-0.2, 0) is 14.1 Å². The lowest BCUT2D eigenvalue weighted by atomic mass is 10.1. The standard InChI is InChI=1S/C8H14N2.C7H13N3.CH4/c1-6(2)8-9-5-7(3)10(8)4;1-5(2)7-6(3)8-9-10(7)4;/h5-6H,1-4H3;5H,1-4H3;1H4. The molecule has 0 atom stereocenters. The van der Waals surface area contributed by atoms with Crippen LogP contribution in [0.2, 0.25) is 0 Å². The maximum Gasteiger partial charge on any atom is 0.111 e. The van der Waals surface area contributed by atoms with Crippen LogP contribution < -0.4 is 0 Å². The summed E-state index contributed by atoms with van der Waals surface area (Å²) in [5.74, 6) is 2.20. The minimum absolute atomic E-state index is 0. The van der Waals surface area contributed by atoms with Crippen molar-refractivity contribution in [1.82, 2.24) is 24.5 Å². The van der Waals surface area contributed by atoms with E-state index in [-0.39, 0.29) is 7.43 Å². The molecule has 0 saturated heterocycles. The number of aryl methyl sites for hydroxylation is 3. The van der Waals surface area contributed by atoms with E-state index < -0.39 is 0 Å². The third-order valence-electron chi connectivity index (χ3n) is 3.37. The molecule has 0 bridgehead atoms. The van der Waals surface area contributed by atoms with Crippen molar-refractivity contribution in [3.63, 3.8) is 0 Å². The molecule has 0 aromatic carbocycles. The lowest BCUT2D eigenvalue weighted by Gasteiger charge is -2.04. The van der Waals surface area contributed by atoms with Gasteiger partial charge in [0.25, 0.3) is 0 Å². The SMILES string of the molecule is C.Cc1cnc(C(C)C)n1C.Cc1nnn(C)c1C(C)C. The number of hydrogen-bond donors (Lipinski definition) is 0. The molecule has 5 nitrogen and oxygen atoms in total. The van der Waals surface area contributed by atoms with Crippen molar-refractivity contribution in [2.75, 3.05) is 0 Å². The first-order chi connectivity index (χ1) is 9.25. The van der Waals surface area contributed by atoms with Crippen LogP contribution in [0.15, 0.2) is 6.20 Å². The fourth-order valence-corrected chi connectivity index (χ4v) is 2.31. The zero-order chi connectivity index (χ0) is 15.4. The number of imidazole rings is 1. The predicted octanol–water partition coefficient (Wildman–Crippen LogP) is 3.73. The van der Waals surface area contributed by atoms with Crippen LogP contribution in [0, 0.1) is 13.8 Å². The van der Waals surface area contributed by atoms with Crippen LogP contribution in [0.4, 0.5) is 0 Å². The summed E-state index contributed by atoms with van der Waals surface area (Å²) in [5, 5.41) is 7.85. The largest absolute Gasteiger partial charge is 0.335 e. The topological polar surface area (TPSA) is 48.5 Å². The average Bonchev–Trinajstić information content (AvgIpc) is 2.84. The van der Waals surface area contributed by atoms with E-state index in [1.807, 2.05) is 24.9 Å². The second-order valence-corrected chi connectivity index (χ2v) is 5.81. The van der Waals surface area contributed by atoms with E-state index in [2.05, 4.69) is 61.5 Å². The lowest BCUT2D eigenvalue weighted by Crippen LogP contribution is -2.00. The zero-order valence-electron chi connectivity index (χ0n) is 14.0. The smallest absolute Gasteiger partial charge is 0.111 e. The fourth-order valence-electron chi connectivity index (χ4n) is 2.31. The van der Waals surface area contributed by atoms with Crippen LogP contribution in [0.25, 0.3) is 0 Å². The van der Waals surface area contributed by atoms with Crippen LogP contribution in [0.3, 0.4) is 0 Å². The lowest BCUT2D eigenvalue weighted by molar-refractivity contribution is 0.647. The van der Waals surface area contributed by atoms with Gasteiger partial charge >= 0.3 is 0 Å². The summed E-state index contributed by atoms with van der Waals surface area (Å²) in [7, 11) is 3.98. The molecule has 0 radical (unpaired) electrons. The molecule has 21 heavy (non-hydrogen) atoms. The molecule has 0 unspecified atom stereocenters. The Morgan fingerprint density at radius 3 is 1.76 bits per heavy atom. The fraction of sp³-hybridized carbons (Fsp3) is 0.688. The molecule has 0 aliphatic carbocycles. The van der Waals surface area contributed by atoms with Gasteiger partial charge in [0.2, 0.25) is 0 Å². The van der Waals surface area contributed by atoms with E-state index >= 15 is 0 Å². The molecule has 0 N–H and O–H groups in total. The molecular weight excluding hydrogens is 262 g/mol. The van der Waals surface area contributed by atoms with Crippen molar-refractivity contribution >= 4 is 0 Å². The van der Waals surface area contributed by atoms with Crippen molar-refractivity contribution in [1.29, 1.82) is 0 Å². The van der Waals surface area contributed by atoms with Gasteiger partial charge in [-0.3, -0.25) is 4.68 Å². The van der Waals surface area contributed by atoms with Crippen molar-refractivity contribution in [3.05, 3.63) is 29.1 Å². The van der Waals surface area contributed by atoms with E-state index in [1.54, 1.807) is 0 Å². The van der Waals surface area contributed by atoms with Gasteiger partial charge in [-0.25, -0.2) is 4.98 Å². The van der Waals surface area contributed by atoms with Gasteiger partial charge in [0.05, 0.1) is 11.4 Å². The average molecular weight is 293 g/mol. The number of nitrogens with zero attached hydrogens (tertiary/aromatic N) is 5. The van der Waals surface area contributed by atoms with Crippen LogP contribution in [-0.4, -0.2) is 24.5 Å². The summed E-state index contributed by atoms with van der Waals surface area (Å²) in [6.07, 6.45) is 1.91. The van der Waals surface area contributed by atoms with Gasteiger partial charge in [0.15, 0.2) is 0 Å². The molecule has 120 valence electrons. The summed E-state index contributed by atoms with van der Waals surface area (Å²) in [5.41, 5.74) is 3.49.